The maximum atomic E-state index is 12.9. The van der Waals surface area contributed by atoms with E-state index in [0.717, 1.165) is 21.3 Å². The van der Waals surface area contributed by atoms with Crippen LogP contribution in [0, 0.1) is 20.8 Å². The molecule has 27 heavy (non-hydrogen) atoms. The summed E-state index contributed by atoms with van der Waals surface area (Å²) in [5.41, 5.74) is 4.58. The Morgan fingerprint density at radius 1 is 1.11 bits per heavy atom. The summed E-state index contributed by atoms with van der Waals surface area (Å²) < 4.78 is 2.51. The highest BCUT2D eigenvalue weighted by Crippen LogP contribution is 2.24. The molecule has 0 fully saturated rings. The van der Waals surface area contributed by atoms with E-state index in [0.29, 0.717) is 16.9 Å². The van der Waals surface area contributed by atoms with E-state index in [9.17, 15) is 9.59 Å². The summed E-state index contributed by atoms with van der Waals surface area (Å²) in [7, 11) is 0. The minimum absolute atomic E-state index is 0.190. The zero-order valence-electron chi connectivity index (χ0n) is 15.1. The largest absolute Gasteiger partial charge is 0.478 e. The van der Waals surface area contributed by atoms with Crippen molar-refractivity contribution in [3.05, 3.63) is 79.2 Å². The van der Waals surface area contributed by atoms with Crippen LogP contribution in [0.2, 0.25) is 0 Å². The molecule has 2 aromatic carbocycles. The number of aromatic nitrogens is 2. The lowest BCUT2D eigenvalue weighted by Gasteiger charge is -2.10. The lowest BCUT2D eigenvalue weighted by Crippen LogP contribution is -2.18. The maximum Gasteiger partial charge on any atom is 0.335 e. The molecule has 0 radical (unpaired) electrons. The third kappa shape index (κ3) is 3.64. The first kappa shape index (κ1) is 18.8. The van der Waals surface area contributed by atoms with Crippen molar-refractivity contribution in [3.63, 3.8) is 0 Å². The summed E-state index contributed by atoms with van der Waals surface area (Å²) in [6.07, 6.45) is 1.50. The number of aromatic amines is 1. The maximum absolute atomic E-state index is 12.9. The van der Waals surface area contributed by atoms with E-state index < -0.39 is 5.97 Å². The smallest absolute Gasteiger partial charge is 0.335 e. The minimum Gasteiger partial charge on any atom is -0.478 e. The Kier molecular flexibility index (Phi) is 5.14. The molecule has 0 aliphatic carbocycles. The van der Waals surface area contributed by atoms with Crippen LogP contribution in [-0.4, -0.2) is 27.1 Å². The van der Waals surface area contributed by atoms with Gasteiger partial charge in [0.05, 0.1) is 22.5 Å². The zero-order valence-corrected chi connectivity index (χ0v) is 16.7. The van der Waals surface area contributed by atoms with E-state index >= 15 is 0 Å². The van der Waals surface area contributed by atoms with Crippen LogP contribution in [0.3, 0.4) is 0 Å². The molecule has 6 nitrogen and oxygen atoms in total. The highest BCUT2D eigenvalue weighted by Gasteiger charge is 2.14. The Morgan fingerprint density at radius 2 is 1.78 bits per heavy atom. The topological polar surface area (TPSA) is 87.5 Å². The number of carbonyl (C=O) groups is 1. The standard InChI is InChI=1S/C20H18BrN3O3/c1-11-12(2)18(9-8-17(11)21)24-19(25)16(13(3)23-24)10-22-15-6-4-14(5-7-15)20(26)27/h4-10,23H,1-3H3,(H,26,27). The average Bonchev–Trinajstić information content (AvgIpc) is 2.92. The summed E-state index contributed by atoms with van der Waals surface area (Å²) in [6.45, 7) is 5.77. The summed E-state index contributed by atoms with van der Waals surface area (Å²) in [6, 6.07) is 9.95. The lowest BCUT2D eigenvalue weighted by molar-refractivity contribution is 0.0697. The number of carboxylic acids is 1. The fourth-order valence-electron chi connectivity index (χ4n) is 2.73. The van der Waals surface area contributed by atoms with Gasteiger partial charge in [-0.25, -0.2) is 9.48 Å². The van der Waals surface area contributed by atoms with Gasteiger partial charge in [0.15, 0.2) is 0 Å². The third-order valence-corrected chi connectivity index (χ3v) is 5.37. The van der Waals surface area contributed by atoms with Crippen molar-refractivity contribution in [1.29, 1.82) is 0 Å². The molecule has 0 aliphatic rings. The molecule has 0 unspecified atom stereocenters. The van der Waals surface area contributed by atoms with Gasteiger partial charge in [-0.1, -0.05) is 15.9 Å². The van der Waals surface area contributed by atoms with Crippen molar-refractivity contribution < 1.29 is 9.90 Å². The molecule has 0 spiro atoms. The molecule has 0 bridgehead atoms. The molecule has 2 N–H and O–H groups in total. The lowest BCUT2D eigenvalue weighted by atomic mass is 10.1. The van der Waals surface area contributed by atoms with Gasteiger partial charge in [0.25, 0.3) is 5.56 Å². The van der Waals surface area contributed by atoms with E-state index in [1.807, 2.05) is 32.9 Å². The molecule has 0 saturated carbocycles. The number of aliphatic imine (C=N–C) groups is 1. The molecule has 138 valence electrons. The molecule has 7 heteroatoms. The Hall–Kier alpha value is -2.93. The molecule has 0 saturated heterocycles. The minimum atomic E-state index is -0.991. The van der Waals surface area contributed by atoms with Crippen LogP contribution < -0.4 is 5.56 Å². The van der Waals surface area contributed by atoms with Crippen LogP contribution in [0.1, 0.15) is 32.7 Å². The van der Waals surface area contributed by atoms with Crippen LogP contribution in [0.15, 0.2) is 50.7 Å². The van der Waals surface area contributed by atoms with E-state index in [4.69, 9.17) is 5.11 Å². The fraction of sp³-hybridized carbons (Fsp3) is 0.150. The number of aromatic carboxylic acids is 1. The first-order chi connectivity index (χ1) is 12.8. The molecule has 0 aliphatic heterocycles. The zero-order chi connectivity index (χ0) is 19.7. The number of carboxylic acid groups (broad SMARTS) is 1. The Labute approximate surface area is 164 Å². The van der Waals surface area contributed by atoms with Crippen molar-refractivity contribution in [2.75, 3.05) is 0 Å². The van der Waals surface area contributed by atoms with Crippen LogP contribution >= 0.6 is 15.9 Å². The third-order valence-electron chi connectivity index (χ3n) is 4.51. The number of benzene rings is 2. The summed E-state index contributed by atoms with van der Waals surface area (Å²) >= 11 is 3.50. The summed E-state index contributed by atoms with van der Waals surface area (Å²) in [4.78, 5) is 28.1. The van der Waals surface area contributed by atoms with Gasteiger partial charge in [0.1, 0.15) is 0 Å². The second kappa shape index (κ2) is 7.36. The first-order valence-electron chi connectivity index (χ1n) is 8.24. The van der Waals surface area contributed by atoms with Crippen molar-refractivity contribution in [1.82, 2.24) is 9.78 Å². The van der Waals surface area contributed by atoms with Gasteiger partial charge in [-0.05, 0) is 68.3 Å². The molecule has 1 aromatic heterocycles. The van der Waals surface area contributed by atoms with E-state index in [1.54, 1.807) is 12.1 Å². The van der Waals surface area contributed by atoms with Gasteiger partial charge >= 0.3 is 5.97 Å². The number of aryl methyl sites for hydroxylation is 1. The number of H-pyrrole nitrogens is 1. The number of nitrogens with one attached hydrogen (secondary N) is 1. The van der Waals surface area contributed by atoms with E-state index in [-0.39, 0.29) is 11.1 Å². The number of hydrogen-bond acceptors (Lipinski definition) is 3. The fourth-order valence-corrected chi connectivity index (χ4v) is 3.16. The van der Waals surface area contributed by atoms with Crippen molar-refractivity contribution in [2.24, 2.45) is 4.99 Å². The average molecular weight is 428 g/mol. The quantitative estimate of drug-likeness (QED) is 0.608. The van der Waals surface area contributed by atoms with Gasteiger partial charge in [0.2, 0.25) is 0 Å². The Bertz CT molecular complexity index is 1110. The first-order valence-corrected chi connectivity index (χ1v) is 9.04. The van der Waals surface area contributed by atoms with Crippen LogP contribution in [0.5, 0.6) is 0 Å². The number of hydrogen-bond donors (Lipinski definition) is 2. The van der Waals surface area contributed by atoms with Crippen LogP contribution in [0.4, 0.5) is 5.69 Å². The van der Waals surface area contributed by atoms with E-state index in [1.165, 1.54) is 23.0 Å². The van der Waals surface area contributed by atoms with Gasteiger partial charge in [-0.15, -0.1) is 0 Å². The van der Waals surface area contributed by atoms with Gasteiger partial charge in [0, 0.05) is 16.4 Å². The van der Waals surface area contributed by atoms with Crippen molar-refractivity contribution in [3.8, 4) is 5.69 Å². The van der Waals surface area contributed by atoms with Crippen LogP contribution in [0.25, 0.3) is 5.69 Å². The highest BCUT2D eigenvalue weighted by molar-refractivity contribution is 9.10. The molecule has 0 atom stereocenters. The van der Waals surface area contributed by atoms with Crippen LogP contribution in [-0.2, 0) is 0 Å². The second-order valence-corrected chi connectivity index (χ2v) is 7.07. The predicted molar refractivity (Wildman–Crippen MR) is 109 cm³/mol. The van der Waals surface area contributed by atoms with E-state index in [2.05, 4.69) is 26.0 Å². The number of rotatable bonds is 4. The second-order valence-electron chi connectivity index (χ2n) is 6.22. The SMILES string of the molecule is Cc1[nH]n(-c2ccc(Br)c(C)c2C)c(=O)c1C=Nc1ccc(C(=O)O)cc1. The van der Waals surface area contributed by atoms with Gasteiger partial charge in [-0.2, -0.15) is 0 Å². The molecular weight excluding hydrogens is 410 g/mol. The monoisotopic (exact) mass is 427 g/mol. The Morgan fingerprint density at radius 3 is 2.41 bits per heavy atom. The molecular formula is C20H18BrN3O3. The predicted octanol–water partition coefficient (Wildman–Crippen LogP) is 4.30. The highest BCUT2D eigenvalue weighted by atomic mass is 79.9. The number of nitrogens with zero attached hydrogens (tertiary/aromatic N) is 2. The van der Waals surface area contributed by atoms with Crippen molar-refractivity contribution >= 4 is 33.8 Å². The van der Waals surface area contributed by atoms with Crippen molar-refractivity contribution in [2.45, 2.75) is 20.8 Å². The normalized spacial score (nSPS) is 11.3. The van der Waals surface area contributed by atoms with Gasteiger partial charge < -0.3 is 5.11 Å². The Balaban J connectivity index is 1.98. The molecule has 3 aromatic rings. The summed E-state index contributed by atoms with van der Waals surface area (Å²) in [5, 5.41) is 12.0. The molecule has 1 heterocycles. The molecule has 3 rings (SSSR count). The molecule has 0 amide bonds. The number of halogens is 1. The summed E-state index contributed by atoms with van der Waals surface area (Å²) in [5.74, 6) is -0.991. The van der Waals surface area contributed by atoms with Gasteiger partial charge in [-0.3, -0.25) is 14.9 Å².